The number of rotatable bonds is 6. The van der Waals surface area contributed by atoms with Crippen LogP contribution in [0.2, 0.25) is 5.02 Å². The molecule has 1 fully saturated rings. The molecule has 4 aromatic rings. The van der Waals surface area contributed by atoms with Crippen LogP contribution in [0.5, 0.6) is 0 Å². The summed E-state index contributed by atoms with van der Waals surface area (Å²) in [6.07, 6.45) is 1.82. The summed E-state index contributed by atoms with van der Waals surface area (Å²) in [6.45, 7) is 1.28. The number of benzene rings is 2. The Kier molecular flexibility index (Phi) is 7.06. The van der Waals surface area contributed by atoms with Crippen molar-refractivity contribution >= 4 is 50.4 Å². The summed E-state index contributed by atoms with van der Waals surface area (Å²) in [5.74, 6) is 0.212. The smallest absolute Gasteiger partial charge is 0.332 e. The lowest BCUT2D eigenvalue weighted by Gasteiger charge is -2.32. The van der Waals surface area contributed by atoms with Gasteiger partial charge in [0.1, 0.15) is 0 Å². The Bertz CT molecular complexity index is 1610. The van der Waals surface area contributed by atoms with E-state index in [0.29, 0.717) is 29.6 Å². The molecule has 1 aliphatic rings. The summed E-state index contributed by atoms with van der Waals surface area (Å²) >= 11 is 9.54. The highest BCUT2D eigenvalue weighted by molar-refractivity contribution is 9.10. The Hall–Kier alpha value is -3.21. The number of Topliss-reactive ketones (excluding diaryl/α,β-unsaturated/α-hetero) is 1. The van der Waals surface area contributed by atoms with Crippen molar-refractivity contribution in [3.63, 3.8) is 0 Å². The predicted molar refractivity (Wildman–Crippen MR) is 148 cm³/mol. The van der Waals surface area contributed by atoms with Gasteiger partial charge < -0.3 is 10.6 Å². The number of aromatic nitrogens is 4. The molecule has 5 rings (SSSR count). The van der Waals surface area contributed by atoms with Gasteiger partial charge in [0.15, 0.2) is 16.9 Å². The zero-order valence-corrected chi connectivity index (χ0v) is 22.6. The number of hydrogen-bond acceptors (Lipinski definition) is 6. The number of piperidine rings is 1. The number of aryl methyl sites for hydroxylation is 1. The number of anilines is 1. The molecule has 0 saturated carbocycles. The average molecular weight is 586 g/mol. The molecule has 2 aromatic heterocycles. The maximum atomic E-state index is 13.8. The molecule has 1 aliphatic heterocycles. The Morgan fingerprint density at radius 2 is 1.86 bits per heavy atom. The SMILES string of the molecule is Cn1c(=O)n(CC(=O)c2ccc(Cl)cc2)c(=O)c2c1nc(N1CCCC(N)C1)n2Cc1ccccc1Br. The van der Waals surface area contributed by atoms with Gasteiger partial charge in [-0.1, -0.05) is 45.7 Å². The minimum atomic E-state index is -0.604. The third kappa shape index (κ3) is 4.88. The van der Waals surface area contributed by atoms with E-state index in [9.17, 15) is 14.4 Å². The quantitative estimate of drug-likeness (QED) is 0.348. The molecule has 1 saturated heterocycles. The first-order valence-corrected chi connectivity index (χ1v) is 13.1. The number of imidazole rings is 1. The van der Waals surface area contributed by atoms with Crippen molar-refractivity contribution in [1.29, 1.82) is 0 Å². The van der Waals surface area contributed by atoms with Gasteiger partial charge >= 0.3 is 5.69 Å². The van der Waals surface area contributed by atoms with E-state index in [0.717, 1.165) is 34.0 Å². The normalized spacial score (nSPS) is 15.9. The number of ketones is 1. The summed E-state index contributed by atoms with van der Waals surface area (Å²) in [4.78, 5) is 46.9. The van der Waals surface area contributed by atoms with Crippen molar-refractivity contribution in [2.45, 2.75) is 32.0 Å². The maximum Gasteiger partial charge on any atom is 0.332 e. The Morgan fingerprint density at radius 3 is 2.57 bits per heavy atom. The largest absolute Gasteiger partial charge is 0.341 e. The number of fused-ring (bicyclic) bond motifs is 1. The average Bonchev–Trinajstić information content (AvgIpc) is 3.26. The number of halogens is 2. The van der Waals surface area contributed by atoms with Crippen molar-refractivity contribution in [1.82, 2.24) is 18.7 Å². The zero-order chi connectivity index (χ0) is 26.3. The fourth-order valence-electron chi connectivity index (χ4n) is 4.75. The zero-order valence-electron chi connectivity index (χ0n) is 20.2. The van der Waals surface area contributed by atoms with Crippen LogP contribution in [-0.2, 0) is 20.1 Å². The molecule has 2 N–H and O–H groups in total. The number of nitrogens with zero attached hydrogens (tertiary/aromatic N) is 5. The van der Waals surface area contributed by atoms with E-state index < -0.39 is 17.8 Å². The third-order valence-electron chi connectivity index (χ3n) is 6.71. The van der Waals surface area contributed by atoms with Crippen LogP contribution < -0.4 is 21.9 Å². The van der Waals surface area contributed by atoms with Gasteiger partial charge in [-0.25, -0.2) is 4.79 Å². The van der Waals surface area contributed by atoms with Crippen LogP contribution in [0.4, 0.5) is 5.95 Å². The lowest BCUT2D eigenvalue weighted by molar-refractivity contribution is 0.0969. The van der Waals surface area contributed by atoms with Gasteiger partial charge in [0.25, 0.3) is 5.56 Å². The van der Waals surface area contributed by atoms with Crippen LogP contribution in [0.25, 0.3) is 11.2 Å². The molecular weight excluding hydrogens is 560 g/mol. The minimum Gasteiger partial charge on any atom is -0.341 e. The van der Waals surface area contributed by atoms with Crippen molar-refractivity contribution < 1.29 is 4.79 Å². The second-order valence-corrected chi connectivity index (χ2v) is 10.6. The summed E-state index contributed by atoms with van der Waals surface area (Å²) in [6, 6.07) is 14.1. The van der Waals surface area contributed by atoms with E-state index in [-0.39, 0.29) is 23.0 Å². The highest BCUT2D eigenvalue weighted by Gasteiger charge is 2.27. The van der Waals surface area contributed by atoms with Crippen LogP contribution >= 0.6 is 27.5 Å². The third-order valence-corrected chi connectivity index (χ3v) is 7.73. The maximum absolute atomic E-state index is 13.8. The monoisotopic (exact) mass is 584 g/mol. The highest BCUT2D eigenvalue weighted by atomic mass is 79.9. The molecule has 1 unspecified atom stereocenters. The molecule has 37 heavy (non-hydrogen) atoms. The Labute approximate surface area is 226 Å². The van der Waals surface area contributed by atoms with E-state index in [1.807, 2.05) is 28.8 Å². The van der Waals surface area contributed by atoms with Crippen LogP contribution in [0.15, 0.2) is 62.6 Å². The van der Waals surface area contributed by atoms with Crippen molar-refractivity contribution in [2.75, 3.05) is 18.0 Å². The molecule has 0 spiro atoms. The number of nitrogens with two attached hydrogens (primary N) is 1. The van der Waals surface area contributed by atoms with Crippen LogP contribution in [0.1, 0.15) is 28.8 Å². The van der Waals surface area contributed by atoms with Crippen molar-refractivity contribution in [3.05, 3.63) is 90.0 Å². The Balaban J connectivity index is 1.68. The summed E-state index contributed by atoms with van der Waals surface area (Å²) in [5, 5.41) is 0.493. The van der Waals surface area contributed by atoms with Crippen LogP contribution in [0.3, 0.4) is 0 Å². The first-order chi connectivity index (χ1) is 17.7. The topological polar surface area (TPSA) is 108 Å². The molecule has 1 atom stereocenters. The lowest BCUT2D eigenvalue weighted by Crippen LogP contribution is -2.44. The second-order valence-electron chi connectivity index (χ2n) is 9.27. The fraction of sp³-hybridized carbons (Fsp3) is 0.308. The molecule has 0 aliphatic carbocycles. The van der Waals surface area contributed by atoms with Crippen LogP contribution in [0, 0.1) is 0 Å². The molecule has 9 nitrogen and oxygen atoms in total. The van der Waals surface area contributed by atoms with Gasteiger partial charge in [-0.05, 0) is 48.7 Å². The molecule has 0 radical (unpaired) electrons. The van der Waals surface area contributed by atoms with E-state index in [4.69, 9.17) is 22.3 Å². The molecule has 2 aromatic carbocycles. The van der Waals surface area contributed by atoms with Crippen LogP contribution in [-0.4, -0.2) is 43.6 Å². The van der Waals surface area contributed by atoms with Gasteiger partial charge in [-0.15, -0.1) is 0 Å². The van der Waals surface area contributed by atoms with Gasteiger partial charge in [0.05, 0.1) is 13.1 Å². The summed E-state index contributed by atoms with van der Waals surface area (Å²) in [7, 11) is 1.56. The standard InChI is InChI=1S/C26H26BrClN6O3/c1-31-23-22(24(36)34(26(31)37)15-21(35)16-8-10-18(28)11-9-16)33(13-17-5-2-3-7-20(17)27)25(30-23)32-12-4-6-19(29)14-32/h2-3,5,7-11,19H,4,6,12-15,29H2,1H3. The highest BCUT2D eigenvalue weighted by Crippen LogP contribution is 2.26. The first kappa shape index (κ1) is 25.4. The second kappa shape index (κ2) is 10.3. The van der Waals surface area contributed by atoms with Gasteiger partial charge in [-0.2, -0.15) is 4.98 Å². The van der Waals surface area contributed by atoms with E-state index in [1.54, 1.807) is 31.3 Å². The van der Waals surface area contributed by atoms with Gasteiger partial charge in [0.2, 0.25) is 5.95 Å². The molecule has 11 heteroatoms. The van der Waals surface area contributed by atoms with Gasteiger partial charge in [-0.3, -0.25) is 23.3 Å². The predicted octanol–water partition coefficient (Wildman–Crippen LogP) is 3.17. The molecule has 192 valence electrons. The minimum absolute atomic E-state index is 0.0112. The van der Waals surface area contributed by atoms with Crippen molar-refractivity contribution in [2.24, 2.45) is 12.8 Å². The fourth-order valence-corrected chi connectivity index (χ4v) is 5.29. The number of hydrogen-bond donors (Lipinski definition) is 1. The van der Waals surface area contributed by atoms with Crippen molar-refractivity contribution in [3.8, 4) is 0 Å². The summed E-state index contributed by atoms with van der Waals surface area (Å²) in [5.41, 5.74) is 6.93. The number of carbonyl (C=O) groups is 1. The molecular formula is C26H26BrClN6O3. The van der Waals surface area contributed by atoms with E-state index in [2.05, 4.69) is 20.8 Å². The lowest BCUT2D eigenvalue weighted by atomic mass is 10.1. The molecule has 3 heterocycles. The first-order valence-electron chi connectivity index (χ1n) is 12.0. The Morgan fingerprint density at radius 1 is 1.14 bits per heavy atom. The van der Waals surface area contributed by atoms with E-state index in [1.165, 1.54) is 4.57 Å². The molecule has 0 amide bonds. The summed E-state index contributed by atoms with van der Waals surface area (Å²) < 4.78 is 5.03. The molecule has 0 bridgehead atoms. The van der Waals surface area contributed by atoms with Gasteiger partial charge in [0, 0.05) is 41.2 Å². The van der Waals surface area contributed by atoms with E-state index >= 15 is 0 Å². The number of carbonyl (C=O) groups excluding carboxylic acids is 1.